The standard InChI is InChI=1S/C14H21N3O3S/c1-10-5-6-12(8-13(10)14(15)18)21(19,20)17-11-4-2-3-7-16-9-11/h5-6,8,11,16-17H,2-4,7,9H2,1H3,(H2,15,18). The summed E-state index contributed by atoms with van der Waals surface area (Å²) in [6.07, 6.45) is 2.84. The molecule has 0 bridgehead atoms. The van der Waals surface area contributed by atoms with E-state index in [0.29, 0.717) is 12.1 Å². The lowest BCUT2D eigenvalue weighted by atomic mass is 10.1. The Kier molecular flexibility index (Phi) is 4.97. The van der Waals surface area contributed by atoms with E-state index >= 15 is 0 Å². The van der Waals surface area contributed by atoms with Gasteiger partial charge in [0.1, 0.15) is 0 Å². The summed E-state index contributed by atoms with van der Waals surface area (Å²) < 4.78 is 27.5. The predicted octanol–water partition coefficient (Wildman–Crippen LogP) is 0.514. The maximum absolute atomic E-state index is 12.4. The smallest absolute Gasteiger partial charge is 0.249 e. The first-order valence-electron chi connectivity index (χ1n) is 7.03. The molecule has 21 heavy (non-hydrogen) atoms. The quantitative estimate of drug-likeness (QED) is 0.754. The molecule has 7 heteroatoms. The van der Waals surface area contributed by atoms with Crippen LogP contribution in [-0.4, -0.2) is 33.5 Å². The van der Waals surface area contributed by atoms with Crippen LogP contribution in [0, 0.1) is 6.92 Å². The highest BCUT2D eigenvalue weighted by Crippen LogP contribution is 2.16. The average molecular weight is 311 g/mol. The van der Waals surface area contributed by atoms with Crippen LogP contribution in [0.1, 0.15) is 35.2 Å². The Balaban J connectivity index is 2.22. The van der Waals surface area contributed by atoms with Crippen molar-refractivity contribution in [3.8, 4) is 0 Å². The van der Waals surface area contributed by atoms with E-state index in [1.54, 1.807) is 13.0 Å². The predicted molar refractivity (Wildman–Crippen MR) is 80.5 cm³/mol. The number of rotatable bonds is 4. The number of hydrogen-bond acceptors (Lipinski definition) is 4. The van der Waals surface area contributed by atoms with Crippen molar-refractivity contribution < 1.29 is 13.2 Å². The Labute approximate surface area is 125 Å². The van der Waals surface area contributed by atoms with Crippen molar-refractivity contribution in [2.24, 2.45) is 5.73 Å². The second-order valence-corrected chi connectivity index (χ2v) is 7.07. The van der Waals surface area contributed by atoms with Crippen LogP contribution in [0.25, 0.3) is 0 Å². The van der Waals surface area contributed by atoms with Gasteiger partial charge < -0.3 is 11.1 Å². The third-order valence-corrected chi connectivity index (χ3v) is 5.17. The van der Waals surface area contributed by atoms with Crippen LogP contribution >= 0.6 is 0 Å². The molecule has 2 rings (SSSR count). The van der Waals surface area contributed by atoms with E-state index < -0.39 is 15.9 Å². The van der Waals surface area contributed by atoms with Crippen LogP contribution in [0.15, 0.2) is 23.1 Å². The molecule has 0 radical (unpaired) electrons. The molecule has 1 heterocycles. The average Bonchev–Trinajstić information content (AvgIpc) is 2.66. The van der Waals surface area contributed by atoms with E-state index in [1.165, 1.54) is 12.1 Å². The van der Waals surface area contributed by atoms with E-state index in [1.807, 2.05) is 0 Å². The minimum atomic E-state index is -3.65. The third kappa shape index (κ3) is 4.03. The minimum absolute atomic E-state index is 0.0751. The van der Waals surface area contributed by atoms with E-state index in [-0.39, 0.29) is 16.5 Å². The summed E-state index contributed by atoms with van der Waals surface area (Å²) >= 11 is 0. The lowest BCUT2D eigenvalue weighted by molar-refractivity contribution is 0.0999. The van der Waals surface area contributed by atoms with Crippen molar-refractivity contribution in [1.82, 2.24) is 10.0 Å². The van der Waals surface area contributed by atoms with Crippen molar-refractivity contribution in [3.05, 3.63) is 29.3 Å². The van der Waals surface area contributed by atoms with E-state index in [2.05, 4.69) is 10.0 Å². The molecule has 4 N–H and O–H groups in total. The fraction of sp³-hybridized carbons (Fsp3) is 0.500. The van der Waals surface area contributed by atoms with Gasteiger partial charge in [0, 0.05) is 18.2 Å². The van der Waals surface area contributed by atoms with Gasteiger partial charge in [-0.1, -0.05) is 12.5 Å². The number of nitrogens with two attached hydrogens (primary N) is 1. The van der Waals surface area contributed by atoms with Crippen molar-refractivity contribution in [3.63, 3.8) is 0 Å². The first-order valence-corrected chi connectivity index (χ1v) is 8.52. The van der Waals surface area contributed by atoms with Gasteiger partial charge in [0.05, 0.1) is 4.90 Å². The molecule has 0 aliphatic carbocycles. The van der Waals surface area contributed by atoms with E-state index in [0.717, 1.165) is 25.8 Å². The summed E-state index contributed by atoms with van der Waals surface area (Å²) in [5.74, 6) is -0.624. The molecule has 0 spiro atoms. The zero-order valence-corrected chi connectivity index (χ0v) is 12.9. The highest BCUT2D eigenvalue weighted by molar-refractivity contribution is 7.89. The molecule has 116 valence electrons. The highest BCUT2D eigenvalue weighted by Gasteiger charge is 2.22. The van der Waals surface area contributed by atoms with Crippen LogP contribution in [-0.2, 0) is 10.0 Å². The number of nitrogens with one attached hydrogen (secondary N) is 2. The van der Waals surface area contributed by atoms with E-state index in [9.17, 15) is 13.2 Å². The van der Waals surface area contributed by atoms with E-state index in [4.69, 9.17) is 5.73 Å². The zero-order chi connectivity index (χ0) is 15.5. The summed E-state index contributed by atoms with van der Waals surface area (Å²) in [6.45, 7) is 3.25. The summed E-state index contributed by atoms with van der Waals surface area (Å²) in [4.78, 5) is 11.4. The minimum Gasteiger partial charge on any atom is -0.366 e. The first kappa shape index (κ1) is 15.9. The fourth-order valence-electron chi connectivity index (χ4n) is 2.44. The number of amides is 1. The number of sulfonamides is 1. The van der Waals surface area contributed by atoms with Crippen molar-refractivity contribution in [1.29, 1.82) is 0 Å². The molecule has 1 atom stereocenters. The largest absolute Gasteiger partial charge is 0.366 e. The van der Waals surface area contributed by atoms with Gasteiger partial charge in [0.25, 0.3) is 0 Å². The van der Waals surface area contributed by atoms with Gasteiger partial charge in [-0.15, -0.1) is 0 Å². The Morgan fingerprint density at radius 2 is 2.14 bits per heavy atom. The zero-order valence-electron chi connectivity index (χ0n) is 12.1. The molecular formula is C14H21N3O3S. The maximum atomic E-state index is 12.4. The number of hydrogen-bond donors (Lipinski definition) is 3. The van der Waals surface area contributed by atoms with Gasteiger partial charge in [-0.3, -0.25) is 4.79 Å². The molecule has 1 aromatic carbocycles. The van der Waals surface area contributed by atoms with Crippen LogP contribution in [0.5, 0.6) is 0 Å². The lowest BCUT2D eigenvalue weighted by Gasteiger charge is -2.17. The Morgan fingerprint density at radius 1 is 1.38 bits per heavy atom. The normalized spacial score (nSPS) is 20.0. The SMILES string of the molecule is Cc1ccc(S(=O)(=O)NC2CCCCNC2)cc1C(N)=O. The van der Waals surface area contributed by atoms with Gasteiger partial charge in [0.2, 0.25) is 15.9 Å². The second-order valence-electron chi connectivity index (χ2n) is 5.36. The molecule has 1 aliphatic heterocycles. The van der Waals surface area contributed by atoms with Crippen LogP contribution in [0.4, 0.5) is 0 Å². The molecule has 6 nitrogen and oxygen atoms in total. The molecular weight excluding hydrogens is 290 g/mol. The van der Waals surface area contributed by atoms with Crippen LogP contribution in [0.3, 0.4) is 0 Å². The summed E-state index contributed by atoms with van der Waals surface area (Å²) in [7, 11) is -3.65. The summed E-state index contributed by atoms with van der Waals surface area (Å²) in [5, 5.41) is 3.21. The van der Waals surface area contributed by atoms with Gasteiger partial charge >= 0.3 is 0 Å². The molecule has 1 aliphatic rings. The lowest BCUT2D eigenvalue weighted by Crippen LogP contribution is -2.40. The molecule has 1 aromatic rings. The first-order chi connectivity index (χ1) is 9.90. The van der Waals surface area contributed by atoms with Crippen LogP contribution in [0.2, 0.25) is 0 Å². The van der Waals surface area contributed by atoms with Gasteiger partial charge in [-0.25, -0.2) is 13.1 Å². The Hall–Kier alpha value is -1.44. The highest BCUT2D eigenvalue weighted by atomic mass is 32.2. The molecule has 1 amide bonds. The molecule has 0 aromatic heterocycles. The number of benzene rings is 1. The summed E-state index contributed by atoms with van der Waals surface area (Å²) in [6, 6.07) is 4.30. The van der Waals surface area contributed by atoms with Crippen LogP contribution < -0.4 is 15.8 Å². The summed E-state index contributed by atoms with van der Waals surface area (Å²) in [5.41, 5.74) is 6.17. The second kappa shape index (κ2) is 6.55. The van der Waals surface area contributed by atoms with Gasteiger partial charge in [-0.2, -0.15) is 0 Å². The molecule has 1 unspecified atom stereocenters. The third-order valence-electron chi connectivity index (χ3n) is 3.65. The molecule has 1 saturated heterocycles. The van der Waals surface area contributed by atoms with Crippen molar-refractivity contribution in [2.45, 2.75) is 37.1 Å². The topological polar surface area (TPSA) is 101 Å². The monoisotopic (exact) mass is 311 g/mol. The van der Waals surface area contributed by atoms with Crippen molar-refractivity contribution in [2.75, 3.05) is 13.1 Å². The Morgan fingerprint density at radius 3 is 2.86 bits per heavy atom. The fourth-order valence-corrected chi connectivity index (χ4v) is 3.74. The Bertz CT molecular complexity index is 620. The molecule has 1 fully saturated rings. The number of carbonyl (C=O) groups is 1. The van der Waals surface area contributed by atoms with Gasteiger partial charge in [0.15, 0.2) is 0 Å². The molecule has 0 saturated carbocycles. The number of primary amides is 1. The maximum Gasteiger partial charge on any atom is 0.249 e. The van der Waals surface area contributed by atoms with Crippen molar-refractivity contribution >= 4 is 15.9 Å². The number of carbonyl (C=O) groups excluding carboxylic acids is 1. The van der Waals surface area contributed by atoms with Gasteiger partial charge in [-0.05, 0) is 44.0 Å². The number of aryl methyl sites for hydroxylation is 1.